The number of carbonyl (C=O) groups excluding carboxylic acids is 2. The predicted molar refractivity (Wildman–Crippen MR) is 124 cm³/mol. The van der Waals surface area contributed by atoms with Crippen LogP contribution in [0.25, 0.3) is 0 Å². The third kappa shape index (κ3) is 3.73. The van der Waals surface area contributed by atoms with Crippen molar-refractivity contribution in [2.75, 3.05) is 18.0 Å². The molecule has 2 unspecified atom stereocenters. The zero-order valence-electron chi connectivity index (χ0n) is 18.2. The van der Waals surface area contributed by atoms with E-state index in [4.69, 9.17) is 0 Å². The molecule has 3 aliphatic heterocycles. The van der Waals surface area contributed by atoms with Crippen molar-refractivity contribution in [1.82, 2.24) is 9.88 Å². The SMILES string of the molecule is CC1C(F)=C(N2CC(C(=O)Cc3ccccc3)C2)N=C2C1C(=O)C(C(=O)O)=CN2c1nccs1. The number of ketones is 2. The Balaban J connectivity index is 1.41. The maximum absolute atomic E-state index is 15.4. The molecule has 1 N–H and O–H groups in total. The average molecular weight is 481 g/mol. The van der Waals surface area contributed by atoms with Crippen molar-refractivity contribution < 1.29 is 23.9 Å². The highest BCUT2D eigenvalue weighted by molar-refractivity contribution is 7.13. The summed E-state index contributed by atoms with van der Waals surface area (Å²) in [5.74, 6) is -4.42. The molecule has 1 aromatic heterocycles. The molecule has 0 bridgehead atoms. The van der Waals surface area contributed by atoms with Crippen molar-refractivity contribution in [2.24, 2.45) is 22.7 Å². The smallest absolute Gasteiger partial charge is 0.340 e. The highest BCUT2D eigenvalue weighted by Gasteiger charge is 2.48. The first-order valence-electron chi connectivity index (χ1n) is 10.8. The van der Waals surface area contributed by atoms with Crippen LogP contribution in [0.15, 0.2) is 70.3 Å². The van der Waals surface area contributed by atoms with Crippen LogP contribution in [-0.2, 0) is 20.8 Å². The van der Waals surface area contributed by atoms with Gasteiger partial charge in [0.15, 0.2) is 16.7 Å². The van der Waals surface area contributed by atoms with Crippen LogP contribution in [0.3, 0.4) is 0 Å². The van der Waals surface area contributed by atoms with E-state index in [1.54, 1.807) is 23.4 Å². The van der Waals surface area contributed by atoms with E-state index in [0.29, 0.717) is 24.6 Å². The number of amidine groups is 1. The normalized spacial score (nSPS) is 22.7. The van der Waals surface area contributed by atoms with Gasteiger partial charge in [-0.1, -0.05) is 37.3 Å². The number of aromatic nitrogens is 1. The van der Waals surface area contributed by atoms with Crippen molar-refractivity contribution >= 4 is 39.8 Å². The number of carboxylic acid groups (broad SMARTS) is 1. The number of fused-ring (bicyclic) bond motifs is 1. The minimum absolute atomic E-state index is 0.0871. The first kappa shape index (κ1) is 22.1. The maximum Gasteiger partial charge on any atom is 0.340 e. The largest absolute Gasteiger partial charge is 0.478 e. The summed E-state index contributed by atoms with van der Waals surface area (Å²) < 4.78 is 15.4. The molecule has 10 heteroatoms. The number of nitrogens with zero attached hydrogens (tertiary/aromatic N) is 4. The van der Waals surface area contributed by atoms with Gasteiger partial charge in [0.25, 0.3) is 0 Å². The van der Waals surface area contributed by atoms with E-state index >= 15 is 4.39 Å². The molecular formula is C24H21FN4O4S. The zero-order valence-corrected chi connectivity index (χ0v) is 19.0. The molecule has 2 atom stereocenters. The molecule has 1 fully saturated rings. The fraction of sp³-hybridized carbons (Fsp3) is 0.292. The summed E-state index contributed by atoms with van der Waals surface area (Å²) in [5.41, 5.74) is 0.504. The minimum Gasteiger partial charge on any atom is -0.478 e. The standard InChI is InChI=1S/C24H21FN4O4S/c1-13-18-20(31)16(23(32)33)12-29(24-26-7-8-34-24)21(18)27-22(19(13)25)28-10-15(11-28)17(30)9-14-5-3-2-4-6-14/h2-8,12-13,15,18H,9-11H2,1H3,(H,32,33). The van der Waals surface area contributed by atoms with E-state index in [1.165, 1.54) is 22.4 Å². The van der Waals surface area contributed by atoms with E-state index in [0.717, 1.165) is 5.56 Å². The highest BCUT2D eigenvalue weighted by atomic mass is 32.1. The molecule has 2 aromatic rings. The molecule has 1 aromatic carbocycles. The molecule has 0 radical (unpaired) electrons. The maximum atomic E-state index is 15.4. The van der Waals surface area contributed by atoms with Gasteiger partial charge >= 0.3 is 5.97 Å². The van der Waals surface area contributed by atoms with Gasteiger partial charge in [-0.05, 0) is 5.56 Å². The van der Waals surface area contributed by atoms with Crippen molar-refractivity contribution in [2.45, 2.75) is 13.3 Å². The highest BCUT2D eigenvalue weighted by Crippen LogP contribution is 2.41. The summed E-state index contributed by atoms with van der Waals surface area (Å²) in [4.78, 5) is 49.1. The zero-order chi connectivity index (χ0) is 24.0. The molecule has 1 saturated heterocycles. The third-order valence-electron chi connectivity index (χ3n) is 6.38. The van der Waals surface area contributed by atoms with Crippen LogP contribution in [0.1, 0.15) is 12.5 Å². The number of hydrogen-bond donors (Lipinski definition) is 1. The van der Waals surface area contributed by atoms with Crippen LogP contribution in [0.4, 0.5) is 9.52 Å². The Hall–Kier alpha value is -3.66. The number of anilines is 1. The van der Waals surface area contributed by atoms with Crippen LogP contribution in [0.5, 0.6) is 0 Å². The van der Waals surface area contributed by atoms with Gasteiger partial charge in [0, 0.05) is 43.2 Å². The number of hydrogen-bond acceptors (Lipinski definition) is 8. The van der Waals surface area contributed by atoms with Gasteiger partial charge in [-0.3, -0.25) is 14.5 Å². The number of likely N-dealkylation sites (tertiary alicyclic amines) is 1. The lowest BCUT2D eigenvalue weighted by Crippen LogP contribution is -2.53. The number of allylic oxidation sites excluding steroid dienone is 1. The molecule has 3 aliphatic rings. The Morgan fingerprint density at radius 1 is 1.24 bits per heavy atom. The van der Waals surface area contributed by atoms with E-state index in [-0.39, 0.29) is 23.4 Å². The quantitative estimate of drug-likeness (QED) is 0.634. The molecule has 5 rings (SSSR count). The van der Waals surface area contributed by atoms with Gasteiger partial charge in [-0.2, -0.15) is 0 Å². The lowest BCUT2D eigenvalue weighted by molar-refractivity contribution is -0.135. The first-order chi connectivity index (χ1) is 16.3. The van der Waals surface area contributed by atoms with Crippen LogP contribution in [0.2, 0.25) is 0 Å². The second-order valence-corrected chi connectivity index (χ2v) is 9.41. The van der Waals surface area contributed by atoms with Gasteiger partial charge in [0.2, 0.25) is 0 Å². The van der Waals surface area contributed by atoms with E-state index in [9.17, 15) is 19.5 Å². The fourth-order valence-electron chi connectivity index (χ4n) is 4.45. The number of rotatable bonds is 6. The first-order valence-corrected chi connectivity index (χ1v) is 11.7. The van der Waals surface area contributed by atoms with Crippen LogP contribution in [-0.4, -0.2) is 51.5 Å². The lowest BCUT2D eigenvalue weighted by atomic mass is 9.80. The second-order valence-electron chi connectivity index (χ2n) is 8.54. The van der Waals surface area contributed by atoms with E-state index in [1.807, 2.05) is 30.3 Å². The van der Waals surface area contributed by atoms with Crippen molar-refractivity contribution in [3.8, 4) is 0 Å². The number of thiazole rings is 1. The Morgan fingerprint density at radius 3 is 2.62 bits per heavy atom. The summed E-state index contributed by atoms with van der Waals surface area (Å²) >= 11 is 1.25. The Labute approximate surface area is 198 Å². The van der Waals surface area contributed by atoms with Crippen molar-refractivity contribution in [3.63, 3.8) is 0 Å². The summed E-state index contributed by atoms with van der Waals surface area (Å²) in [6, 6.07) is 9.46. The number of aliphatic carboxylic acids is 1. The van der Waals surface area contributed by atoms with E-state index < -0.39 is 35.0 Å². The second kappa shape index (κ2) is 8.60. The Kier molecular flexibility index (Phi) is 5.60. The van der Waals surface area contributed by atoms with Crippen molar-refractivity contribution in [3.05, 3.63) is 70.9 Å². The van der Waals surface area contributed by atoms with Gasteiger partial charge in [-0.25, -0.2) is 19.2 Å². The van der Waals surface area contributed by atoms with Gasteiger partial charge < -0.3 is 10.0 Å². The minimum atomic E-state index is -1.38. The number of halogens is 1. The summed E-state index contributed by atoms with van der Waals surface area (Å²) in [6.07, 6.45) is 3.08. The summed E-state index contributed by atoms with van der Waals surface area (Å²) in [7, 11) is 0. The third-order valence-corrected chi connectivity index (χ3v) is 7.15. The number of carboxylic acids is 1. The molecule has 0 spiro atoms. The Bertz CT molecular complexity index is 1250. The molecular weight excluding hydrogens is 459 g/mol. The lowest BCUT2D eigenvalue weighted by Gasteiger charge is -2.43. The molecule has 8 nitrogen and oxygen atoms in total. The monoisotopic (exact) mass is 480 g/mol. The van der Waals surface area contributed by atoms with Crippen LogP contribution in [0, 0.1) is 17.8 Å². The predicted octanol–water partition coefficient (Wildman–Crippen LogP) is 3.05. The van der Waals surface area contributed by atoms with Crippen LogP contribution < -0.4 is 4.90 Å². The number of aliphatic imine (C=N–C) groups is 1. The van der Waals surface area contributed by atoms with Gasteiger partial charge in [0.1, 0.15) is 23.0 Å². The fourth-order valence-corrected chi connectivity index (χ4v) is 5.07. The molecule has 0 aliphatic carbocycles. The molecule has 0 saturated carbocycles. The number of carbonyl (C=O) groups is 3. The number of Topliss-reactive ketones (excluding diaryl/α,β-unsaturated/α-hetero) is 2. The summed E-state index contributed by atoms with van der Waals surface area (Å²) in [6.45, 7) is 2.23. The summed E-state index contributed by atoms with van der Waals surface area (Å²) in [5, 5.41) is 11.7. The molecule has 174 valence electrons. The number of benzene rings is 1. The van der Waals surface area contributed by atoms with E-state index in [2.05, 4.69) is 9.98 Å². The Morgan fingerprint density at radius 2 is 1.97 bits per heavy atom. The molecule has 0 amide bonds. The van der Waals surface area contributed by atoms with Crippen LogP contribution >= 0.6 is 11.3 Å². The average Bonchev–Trinajstić information content (AvgIpc) is 3.31. The van der Waals surface area contributed by atoms with Gasteiger partial charge in [0.05, 0.1) is 11.8 Å². The molecule has 4 heterocycles. The topological polar surface area (TPSA) is 103 Å². The van der Waals surface area contributed by atoms with Crippen molar-refractivity contribution in [1.29, 1.82) is 0 Å². The van der Waals surface area contributed by atoms with Gasteiger partial charge in [-0.15, -0.1) is 11.3 Å². The molecule has 34 heavy (non-hydrogen) atoms.